The van der Waals surface area contributed by atoms with E-state index in [1.54, 1.807) is 43.3 Å². The van der Waals surface area contributed by atoms with Gasteiger partial charge in [0.25, 0.3) is 15.9 Å². The number of carbonyl (C=O) groups is 1. The molecule has 3 aromatic rings. The number of benzene rings is 2. The normalized spacial score (nSPS) is 11.7. The number of amides is 1. The van der Waals surface area contributed by atoms with Crippen LogP contribution in [0, 0.1) is 0 Å². The summed E-state index contributed by atoms with van der Waals surface area (Å²) < 4.78 is 28.4. The van der Waals surface area contributed by atoms with E-state index in [2.05, 4.69) is 4.40 Å². The van der Waals surface area contributed by atoms with Crippen LogP contribution in [0.5, 0.6) is 0 Å². The molecule has 0 fully saturated rings. The topological polar surface area (TPSA) is 79.3 Å². The van der Waals surface area contributed by atoms with Crippen molar-refractivity contribution in [2.24, 2.45) is 4.40 Å². The molecular formula is C22H22ClN3O4S2. The van der Waals surface area contributed by atoms with Crippen molar-refractivity contribution in [3.8, 4) is 21.6 Å². The summed E-state index contributed by atoms with van der Waals surface area (Å²) in [5.41, 5.74) is 2.29. The van der Waals surface area contributed by atoms with Gasteiger partial charge in [0.1, 0.15) is 11.2 Å². The second-order valence-corrected chi connectivity index (χ2v) is 10.2. The van der Waals surface area contributed by atoms with Gasteiger partial charge in [-0.25, -0.2) is 5.06 Å². The van der Waals surface area contributed by atoms with Crippen LogP contribution in [0.2, 0.25) is 5.02 Å². The predicted octanol–water partition coefficient (Wildman–Crippen LogP) is 4.65. The summed E-state index contributed by atoms with van der Waals surface area (Å²) in [4.78, 5) is 20.9. The van der Waals surface area contributed by atoms with Crippen molar-refractivity contribution in [2.45, 2.75) is 4.90 Å². The molecule has 1 heterocycles. The van der Waals surface area contributed by atoms with Gasteiger partial charge in [-0.3, -0.25) is 9.63 Å². The van der Waals surface area contributed by atoms with Crippen molar-refractivity contribution in [1.82, 2.24) is 9.96 Å². The Balaban J connectivity index is 2.05. The highest BCUT2D eigenvalue weighted by molar-refractivity contribution is 7.90. The summed E-state index contributed by atoms with van der Waals surface area (Å²) >= 11 is 7.32. The molecule has 0 atom stereocenters. The van der Waals surface area contributed by atoms with Gasteiger partial charge in [0.05, 0.1) is 12.0 Å². The Labute approximate surface area is 196 Å². The largest absolute Gasteiger partial charge is 0.368 e. The summed E-state index contributed by atoms with van der Waals surface area (Å²) in [7, 11) is 2.51. The van der Waals surface area contributed by atoms with E-state index in [4.69, 9.17) is 16.4 Å². The Morgan fingerprint density at radius 1 is 1.03 bits per heavy atom. The summed E-state index contributed by atoms with van der Waals surface area (Å²) in [5.74, 6) is -0.306. The lowest BCUT2D eigenvalue weighted by Crippen LogP contribution is -2.24. The molecule has 7 nitrogen and oxygen atoms in total. The van der Waals surface area contributed by atoms with E-state index in [1.807, 2.05) is 18.2 Å². The van der Waals surface area contributed by atoms with Gasteiger partial charge in [-0.05, 0) is 41.5 Å². The van der Waals surface area contributed by atoms with Crippen LogP contribution in [0.25, 0.3) is 21.6 Å². The van der Waals surface area contributed by atoms with E-state index < -0.39 is 10.0 Å². The SMILES string of the molecule is CON(C)C(=O)c1sc(-c2ccc(Cl)cc2)cc1-c1ccc(S(=O)(=O)N=CN(C)C)cc1. The molecule has 0 bridgehead atoms. The number of thiophene rings is 1. The minimum atomic E-state index is -3.82. The van der Waals surface area contributed by atoms with Crippen molar-refractivity contribution < 1.29 is 18.0 Å². The highest BCUT2D eigenvalue weighted by atomic mass is 35.5. The Morgan fingerprint density at radius 3 is 2.19 bits per heavy atom. The van der Waals surface area contributed by atoms with Crippen LogP contribution in [0.1, 0.15) is 9.67 Å². The van der Waals surface area contributed by atoms with Crippen molar-refractivity contribution >= 4 is 45.2 Å². The summed E-state index contributed by atoms with van der Waals surface area (Å²) in [6.07, 6.45) is 1.23. The lowest BCUT2D eigenvalue weighted by Gasteiger charge is -2.13. The first-order valence-electron chi connectivity index (χ1n) is 9.41. The fourth-order valence-electron chi connectivity index (χ4n) is 2.77. The lowest BCUT2D eigenvalue weighted by molar-refractivity contribution is -0.0753. The van der Waals surface area contributed by atoms with E-state index in [1.165, 1.54) is 44.0 Å². The quantitative estimate of drug-likeness (QED) is 0.273. The molecule has 168 valence electrons. The minimum absolute atomic E-state index is 0.0643. The van der Waals surface area contributed by atoms with Gasteiger partial charge in [-0.15, -0.1) is 15.7 Å². The van der Waals surface area contributed by atoms with Gasteiger partial charge in [0, 0.05) is 36.6 Å². The first kappa shape index (κ1) is 23.9. The maximum absolute atomic E-state index is 12.9. The summed E-state index contributed by atoms with van der Waals surface area (Å²) in [6.45, 7) is 0. The molecule has 32 heavy (non-hydrogen) atoms. The molecule has 0 saturated heterocycles. The van der Waals surface area contributed by atoms with E-state index in [9.17, 15) is 13.2 Å². The van der Waals surface area contributed by atoms with Crippen LogP contribution in [-0.4, -0.2) is 58.9 Å². The molecule has 2 aromatic carbocycles. The summed E-state index contributed by atoms with van der Waals surface area (Å²) in [6, 6.07) is 15.5. The van der Waals surface area contributed by atoms with E-state index in [0.29, 0.717) is 21.0 Å². The highest BCUT2D eigenvalue weighted by Crippen LogP contribution is 2.38. The first-order valence-corrected chi connectivity index (χ1v) is 12.0. The van der Waals surface area contributed by atoms with Crippen LogP contribution in [0.15, 0.2) is 63.9 Å². The molecule has 0 spiro atoms. The number of hydroxylamine groups is 2. The molecule has 1 aromatic heterocycles. The third kappa shape index (κ3) is 5.36. The van der Waals surface area contributed by atoms with Crippen LogP contribution in [-0.2, 0) is 14.9 Å². The van der Waals surface area contributed by atoms with Crippen molar-refractivity contribution in [2.75, 3.05) is 28.3 Å². The Hall–Kier alpha value is -2.72. The van der Waals surface area contributed by atoms with Crippen LogP contribution < -0.4 is 0 Å². The second-order valence-electron chi connectivity index (χ2n) is 7.03. The zero-order chi connectivity index (χ0) is 23.5. The number of hydrogen-bond donors (Lipinski definition) is 0. The number of rotatable bonds is 7. The number of hydrogen-bond acceptors (Lipinski definition) is 5. The van der Waals surface area contributed by atoms with E-state index in [0.717, 1.165) is 15.5 Å². The number of nitrogens with zero attached hydrogens (tertiary/aromatic N) is 3. The summed E-state index contributed by atoms with van der Waals surface area (Å²) in [5, 5.41) is 1.77. The lowest BCUT2D eigenvalue weighted by atomic mass is 10.0. The third-order valence-corrected chi connectivity index (χ3v) is 7.16. The Bertz CT molecular complexity index is 1240. The standard InChI is InChI=1S/C22H22ClN3O4S2/c1-25(2)14-24-32(28,29)18-11-7-15(8-12-18)19-13-20(16-5-9-17(23)10-6-16)31-21(19)22(27)26(3)30-4/h5-14H,1-4H3. The number of carbonyl (C=O) groups excluding carboxylic acids is 1. The Morgan fingerprint density at radius 2 is 1.62 bits per heavy atom. The number of halogens is 1. The average Bonchev–Trinajstić information content (AvgIpc) is 3.22. The van der Waals surface area contributed by atoms with Gasteiger partial charge < -0.3 is 4.90 Å². The van der Waals surface area contributed by atoms with Gasteiger partial charge in [0.2, 0.25) is 0 Å². The van der Waals surface area contributed by atoms with Gasteiger partial charge in [-0.1, -0.05) is 35.9 Å². The monoisotopic (exact) mass is 491 g/mol. The van der Waals surface area contributed by atoms with E-state index in [-0.39, 0.29) is 10.8 Å². The minimum Gasteiger partial charge on any atom is -0.368 e. The molecule has 10 heteroatoms. The molecule has 0 saturated carbocycles. The predicted molar refractivity (Wildman–Crippen MR) is 129 cm³/mol. The third-order valence-electron chi connectivity index (χ3n) is 4.49. The molecule has 0 radical (unpaired) electrons. The molecule has 0 aliphatic heterocycles. The van der Waals surface area contributed by atoms with Gasteiger partial charge >= 0.3 is 0 Å². The smallest absolute Gasteiger partial charge is 0.287 e. The molecule has 1 amide bonds. The molecule has 0 N–H and O–H groups in total. The fourth-order valence-corrected chi connectivity index (χ4v) is 4.96. The first-order chi connectivity index (χ1) is 15.1. The maximum atomic E-state index is 12.9. The van der Waals surface area contributed by atoms with Gasteiger partial charge in [-0.2, -0.15) is 8.42 Å². The van der Waals surface area contributed by atoms with Crippen LogP contribution in [0.4, 0.5) is 0 Å². The second kappa shape index (κ2) is 9.83. The van der Waals surface area contributed by atoms with E-state index >= 15 is 0 Å². The fraction of sp³-hybridized carbons (Fsp3) is 0.182. The van der Waals surface area contributed by atoms with Crippen LogP contribution in [0.3, 0.4) is 0 Å². The van der Waals surface area contributed by atoms with Crippen molar-refractivity contribution in [3.63, 3.8) is 0 Å². The average molecular weight is 492 g/mol. The molecular weight excluding hydrogens is 470 g/mol. The zero-order valence-electron chi connectivity index (χ0n) is 17.9. The number of sulfonamides is 1. The molecule has 0 aliphatic carbocycles. The van der Waals surface area contributed by atoms with Crippen molar-refractivity contribution in [1.29, 1.82) is 0 Å². The Kier molecular flexibility index (Phi) is 7.35. The maximum Gasteiger partial charge on any atom is 0.287 e. The molecule has 3 rings (SSSR count). The van der Waals surface area contributed by atoms with Crippen molar-refractivity contribution in [3.05, 3.63) is 64.5 Å². The van der Waals surface area contributed by atoms with Gasteiger partial charge in [0.15, 0.2) is 0 Å². The molecule has 0 aliphatic rings. The van der Waals surface area contributed by atoms with Crippen LogP contribution >= 0.6 is 22.9 Å². The zero-order valence-corrected chi connectivity index (χ0v) is 20.3. The molecule has 0 unspecified atom stereocenters. The highest BCUT2D eigenvalue weighted by Gasteiger charge is 2.22.